The van der Waals surface area contributed by atoms with Crippen LogP contribution in [0.2, 0.25) is 0 Å². The fourth-order valence-corrected chi connectivity index (χ4v) is 3.37. The first-order chi connectivity index (χ1) is 12.0. The Kier molecular flexibility index (Phi) is 5.60. The first-order valence-electron chi connectivity index (χ1n) is 7.51. The van der Waals surface area contributed by atoms with Crippen LogP contribution in [-0.4, -0.2) is 34.1 Å². The van der Waals surface area contributed by atoms with E-state index in [0.29, 0.717) is 5.69 Å². The first kappa shape index (κ1) is 19.8. The predicted molar refractivity (Wildman–Crippen MR) is 91.6 cm³/mol. The normalized spacial score (nSPS) is 11.9. The standard InChI is InChI=1S/C17H17F3N2O3S/c1-12-6-8-14(9-7-12)22(2)26(24,25)15-5-3-4-13(10-15)16(23)21-11-17(18,19)20/h3-10H,11H2,1-2H3,(H,21,23). The molecule has 5 nitrogen and oxygen atoms in total. The van der Waals surface area contributed by atoms with Crippen LogP contribution < -0.4 is 9.62 Å². The number of aryl methyl sites for hydroxylation is 1. The smallest absolute Gasteiger partial charge is 0.343 e. The van der Waals surface area contributed by atoms with Gasteiger partial charge in [0.2, 0.25) is 0 Å². The van der Waals surface area contributed by atoms with Crippen molar-refractivity contribution in [1.29, 1.82) is 0 Å². The van der Waals surface area contributed by atoms with E-state index in [-0.39, 0.29) is 10.5 Å². The SMILES string of the molecule is Cc1ccc(N(C)S(=O)(=O)c2cccc(C(=O)NCC(F)(F)F)c2)cc1. The summed E-state index contributed by atoms with van der Waals surface area (Å²) < 4.78 is 63.1. The van der Waals surface area contributed by atoms with Gasteiger partial charge in [0.1, 0.15) is 6.54 Å². The molecule has 0 aromatic heterocycles. The third-order valence-corrected chi connectivity index (χ3v) is 5.38. The van der Waals surface area contributed by atoms with Gasteiger partial charge in [-0.15, -0.1) is 0 Å². The average Bonchev–Trinajstić information content (AvgIpc) is 2.59. The summed E-state index contributed by atoms with van der Waals surface area (Å²) in [5, 5.41) is 1.71. The fourth-order valence-electron chi connectivity index (χ4n) is 2.13. The number of hydrogen-bond donors (Lipinski definition) is 1. The maximum absolute atomic E-state index is 12.7. The molecule has 2 aromatic rings. The van der Waals surface area contributed by atoms with Crippen LogP contribution >= 0.6 is 0 Å². The van der Waals surface area contributed by atoms with E-state index in [0.717, 1.165) is 15.9 Å². The second kappa shape index (κ2) is 7.36. The van der Waals surface area contributed by atoms with E-state index in [1.165, 1.54) is 25.2 Å². The Bertz CT molecular complexity index is 894. The number of sulfonamides is 1. The Morgan fingerprint density at radius 2 is 1.73 bits per heavy atom. The van der Waals surface area contributed by atoms with Crippen LogP contribution in [0.5, 0.6) is 0 Å². The molecule has 0 bridgehead atoms. The van der Waals surface area contributed by atoms with Gasteiger partial charge in [0.15, 0.2) is 0 Å². The molecule has 0 aliphatic carbocycles. The topological polar surface area (TPSA) is 66.5 Å². The first-order valence-corrected chi connectivity index (χ1v) is 8.95. The van der Waals surface area contributed by atoms with Crippen molar-refractivity contribution in [3.63, 3.8) is 0 Å². The number of rotatable bonds is 5. The number of alkyl halides is 3. The number of nitrogens with one attached hydrogen (secondary N) is 1. The molecule has 0 aliphatic rings. The van der Waals surface area contributed by atoms with Crippen molar-refractivity contribution >= 4 is 21.6 Å². The Labute approximate surface area is 149 Å². The molecule has 0 atom stereocenters. The van der Waals surface area contributed by atoms with Gasteiger partial charge in [0.05, 0.1) is 10.6 Å². The zero-order valence-electron chi connectivity index (χ0n) is 14.0. The molecule has 0 saturated heterocycles. The average molecular weight is 386 g/mol. The second-order valence-corrected chi connectivity index (χ2v) is 7.60. The largest absolute Gasteiger partial charge is 0.405 e. The quantitative estimate of drug-likeness (QED) is 0.859. The second-order valence-electron chi connectivity index (χ2n) is 5.63. The van der Waals surface area contributed by atoms with Crippen LogP contribution in [0.3, 0.4) is 0 Å². The Balaban J connectivity index is 2.27. The van der Waals surface area contributed by atoms with E-state index in [4.69, 9.17) is 0 Å². The molecule has 2 rings (SSSR count). The number of amides is 1. The van der Waals surface area contributed by atoms with Crippen LogP contribution in [-0.2, 0) is 10.0 Å². The molecular weight excluding hydrogens is 369 g/mol. The van der Waals surface area contributed by atoms with Crippen molar-refractivity contribution in [2.24, 2.45) is 0 Å². The minimum absolute atomic E-state index is 0.173. The van der Waals surface area contributed by atoms with Gasteiger partial charge in [0, 0.05) is 12.6 Å². The maximum atomic E-state index is 12.7. The summed E-state index contributed by atoms with van der Waals surface area (Å²) in [6, 6.07) is 11.6. The van der Waals surface area contributed by atoms with E-state index in [9.17, 15) is 26.4 Å². The predicted octanol–water partition coefficient (Wildman–Crippen LogP) is 3.11. The van der Waals surface area contributed by atoms with Crippen LogP contribution in [0.15, 0.2) is 53.4 Å². The molecule has 0 heterocycles. The van der Waals surface area contributed by atoms with Crippen molar-refractivity contribution in [3.05, 3.63) is 59.7 Å². The number of halogens is 3. The third-order valence-electron chi connectivity index (χ3n) is 3.60. The molecule has 0 unspecified atom stereocenters. The van der Waals surface area contributed by atoms with Gasteiger partial charge in [-0.2, -0.15) is 13.2 Å². The van der Waals surface area contributed by atoms with Crippen molar-refractivity contribution in [2.45, 2.75) is 18.0 Å². The van der Waals surface area contributed by atoms with Crippen molar-refractivity contribution < 1.29 is 26.4 Å². The molecule has 0 spiro atoms. The lowest BCUT2D eigenvalue weighted by atomic mass is 10.2. The molecule has 0 saturated carbocycles. The van der Waals surface area contributed by atoms with E-state index in [1.807, 2.05) is 6.92 Å². The monoisotopic (exact) mass is 386 g/mol. The molecule has 1 N–H and O–H groups in total. The lowest BCUT2D eigenvalue weighted by Crippen LogP contribution is -2.34. The Morgan fingerprint density at radius 3 is 2.31 bits per heavy atom. The van der Waals surface area contributed by atoms with Gasteiger partial charge in [0.25, 0.3) is 15.9 Å². The number of benzene rings is 2. The summed E-state index contributed by atoms with van der Waals surface area (Å²) in [5.74, 6) is -1.00. The number of anilines is 1. The minimum atomic E-state index is -4.55. The molecule has 2 aromatic carbocycles. The summed E-state index contributed by atoms with van der Waals surface area (Å²) in [4.78, 5) is 11.6. The van der Waals surface area contributed by atoms with Gasteiger partial charge in [-0.1, -0.05) is 23.8 Å². The van der Waals surface area contributed by atoms with Crippen molar-refractivity contribution in [2.75, 3.05) is 17.9 Å². The van der Waals surface area contributed by atoms with Crippen molar-refractivity contribution in [1.82, 2.24) is 5.32 Å². The molecule has 0 radical (unpaired) electrons. The number of carbonyl (C=O) groups excluding carboxylic acids is 1. The van der Waals surface area contributed by atoms with E-state index < -0.39 is 28.7 Å². The third kappa shape index (κ3) is 4.75. The maximum Gasteiger partial charge on any atom is 0.405 e. The van der Waals surface area contributed by atoms with Gasteiger partial charge >= 0.3 is 6.18 Å². The zero-order valence-corrected chi connectivity index (χ0v) is 14.9. The summed E-state index contributed by atoms with van der Waals surface area (Å²) in [6.45, 7) is 0.368. The van der Waals surface area contributed by atoms with Crippen LogP contribution in [0.1, 0.15) is 15.9 Å². The highest BCUT2D eigenvalue weighted by molar-refractivity contribution is 7.92. The van der Waals surface area contributed by atoms with Gasteiger partial charge in [-0.25, -0.2) is 8.42 Å². The lowest BCUT2D eigenvalue weighted by Gasteiger charge is -2.20. The Hall–Kier alpha value is -2.55. The molecule has 0 aliphatic heterocycles. The molecule has 9 heteroatoms. The molecule has 26 heavy (non-hydrogen) atoms. The van der Waals surface area contributed by atoms with E-state index in [1.54, 1.807) is 29.6 Å². The fraction of sp³-hybridized carbons (Fsp3) is 0.235. The summed E-state index contributed by atoms with van der Waals surface area (Å²) >= 11 is 0. The summed E-state index contributed by atoms with van der Waals surface area (Å²) in [5.41, 5.74) is 1.21. The lowest BCUT2D eigenvalue weighted by molar-refractivity contribution is -0.123. The number of hydrogen-bond acceptors (Lipinski definition) is 3. The van der Waals surface area contributed by atoms with Gasteiger partial charge in [-0.3, -0.25) is 9.10 Å². The number of carbonyl (C=O) groups is 1. The van der Waals surface area contributed by atoms with Crippen LogP contribution in [0, 0.1) is 6.92 Å². The zero-order chi connectivity index (χ0) is 19.5. The highest BCUT2D eigenvalue weighted by atomic mass is 32.2. The molecule has 140 valence electrons. The van der Waals surface area contributed by atoms with E-state index >= 15 is 0 Å². The van der Waals surface area contributed by atoms with Gasteiger partial charge in [-0.05, 0) is 37.3 Å². The molecule has 1 amide bonds. The highest BCUT2D eigenvalue weighted by Crippen LogP contribution is 2.23. The molecular formula is C17H17F3N2O3S. The molecule has 0 fully saturated rings. The minimum Gasteiger partial charge on any atom is -0.343 e. The van der Waals surface area contributed by atoms with Crippen LogP contribution in [0.25, 0.3) is 0 Å². The Morgan fingerprint density at radius 1 is 1.12 bits per heavy atom. The highest BCUT2D eigenvalue weighted by Gasteiger charge is 2.28. The number of nitrogens with zero attached hydrogens (tertiary/aromatic N) is 1. The van der Waals surface area contributed by atoms with E-state index in [2.05, 4.69) is 0 Å². The van der Waals surface area contributed by atoms with Crippen molar-refractivity contribution in [3.8, 4) is 0 Å². The van der Waals surface area contributed by atoms with Crippen LogP contribution in [0.4, 0.5) is 18.9 Å². The summed E-state index contributed by atoms with van der Waals surface area (Å²) in [7, 11) is -2.62. The summed E-state index contributed by atoms with van der Waals surface area (Å²) in [6.07, 6.45) is -4.55. The van der Waals surface area contributed by atoms with Gasteiger partial charge < -0.3 is 5.32 Å².